The standard InChI is InChI=1S/C9H18N2O4.ClH/c1-9(6-14-2,4-8(13)15-3)11-7(12)5-10;/h4-6,10H2,1-3H3,(H,11,12);1H. The Kier molecular flexibility index (Phi) is 9.12. The first-order valence-corrected chi connectivity index (χ1v) is 4.54. The Morgan fingerprint density at radius 3 is 2.31 bits per heavy atom. The number of carbonyl (C=O) groups is 2. The molecule has 7 heteroatoms. The van der Waals surface area contributed by atoms with E-state index in [0.717, 1.165) is 0 Å². The second kappa shape index (κ2) is 8.32. The van der Waals surface area contributed by atoms with E-state index in [0.29, 0.717) is 0 Å². The van der Waals surface area contributed by atoms with Gasteiger partial charge in [-0.05, 0) is 6.92 Å². The van der Waals surface area contributed by atoms with Gasteiger partial charge in [0.25, 0.3) is 0 Å². The van der Waals surface area contributed by atoms with Crippen molar-refractivity contribution in [1.82, 2.24) is 5.32 Å². The number of ether oxygens (including phenoxy) is 2. The molecule has 0 aromatic heterocycles. The Hall–Kier alpha value is -0.850. The van der Waals surface area contributed by atoms with Crippen LogP contribution in [0, 0.1) is 0 Å². The van der Waals surface area contributed by atoms with E-state index in [9.17, 15) is 9.59 Å². The monoisotopic (exact) mass is 254 g/mol. The molecule has 0 heterocycles. The summed E-state index contributed by atoms with van der Waals surface area (Å²) in [5.41, 5.74) is 4.39. The first kappa shape index (κ1) is 17.5. The summed E-state index contributed by atoms with van der Waals surface area (Å²) in [6.45, 7) is 1.79. The molecule has 0 saturated heterocycles. The van der Waals surface area contributed by atoms with Crippen molar-refractivity contribution in [2.75, 3.05) is 27.4 Å². The van der Waals surface area contributed by atoms with Crippen LogP contribution in [0.25, 0.3) is 0 Å². The summed E-state index contributed by atoms with van der Waals surface area (Å²) < 4.78 is 9.46. The average molecular weight is 255 g/mol. The smallest absolute Gasteiger partial charge is 0.307 e. The van der Waals surface area contributed by atoms with Gasteiger partial charge in [0, 0.05) is 7.11 Å². The Balaban J connectivity index is 0. The minimum absolute atomic E-state index is 0. The van der Waals surface area contributed by atoms with Crippen LogP contribution in [0.15, 0.2) is 0 Å². The number of esters is 1. The van der Waals surface area contributed by atoms with Gasteiger partial charge in [-0.3, -0.25) is 9.59 Å². The topological polar surface area (TPSA) is 90.6 Å². The summed E-state index contributed by atoms with van der Waals surface area (Å²) in [4.78, 5) is 22.2. The van der Waals surface area contributed by atoms with E-state index in [1.54, 1.807) is 6.92 Å². The highest BCUT2D eigenvalue weighted by molar-refractivity contribution is 5.85. The van der Waals surface area contributed by atoms with E-state index < -0.39 is 11.5 Å². The normalized spacial score (nSPS) is 13.2. The van der Waals surface area contributed by atoms with Gasteiger partial charge in [0.2, 0.25) is 5.91 Å². The van der Waals surface area contributed by atoms with Crippen LogP contribution < -0.4 is 11.1 Å². The van der Waals surface area contributed by atoms with Crippen molar-refractivity contribution in [3.05, 3.63) is 0 Å². The van der Waals surface area contributed by atoms with Crippen LogP contribution in [-0.2, 0) is 19.1 Å². The Morgan fingerprint density at radius 1 is 1.38 bits per heavy atom. The van der Waals surface area contributed by atoms with Gasteiger partial charge in [-0.2, -0.15) is 0 Å². The second-order valence-electron chi connectivity index (χ2n) is 3.50. The van der Waals surface area contributed by atoms with Gasteiger partial charge in [-0.15, -0.1) is 12.4 Å². The summed E-state index contributed by atoms with van der Waals surface area (Å²) in [6.07, 6.45) is 0.0447. The molecular weight excluding hydrogens is 236 g/mol. The highest BCUT2D eigenvalue weighted by atomic mass is 35.5. The van der Waals surface area contributed by atoms with Gasteiger partial charge in [-0.1, -0.05) is 0 Å². The lowest BCUT2D eigenvalue weighted by Gasteiger charge is -2.28. The van der Waals surface area contributed by atoms with E-state index in [2.05, 4.69) is 10.1 Å². The Bertz CT molecular complexity index is 218. The summed E-state index contributed by atoms with van der Waals surface area (Å²) in [7, 11) is 2.78. The molecule has 0 rings (SSSR count). The number of halogens is 1. The Morgan fingerprint density at radius 2 is 1.94 bits per heavy atom. The number of nitrogens with two attached hydrogens (primary N) is 1. The minimum Gasteiger partial charge on any atom is -0.469 e. The number of nitrogens with one attached hydrogen (secondary N) is 1. The third-order valence-electron chi connectivity index (χ3n) is 1.85. The molecule has 0 bridgehead atoms. The summed E-state index contributed by atoms with van der Waals surface area (Å²) in [5.74, 6) is -0.745. The van der Waals surface area contributed by atoms with Gasteiger partial charge in [0.05, 0.1) is 32.2 Å². The number of methoxy groups -OCH3 is 2. The zero-order valence-electron chi connectivity index (χ0n) is 9.74. The van der Waals surface area contributed by atoms with Gasteiger partial charge >= 0.3 is 5.97 Å². The highest BCUT2D eigenvalue weighted by Gasteiger charge is 2.29. The SMILES string of the molecule is COCC(C)(CC(=O)OC)NC(=O)CN.Cl. The van der Waals surface area contributed by atoms with E-state index in [4.69, 9.17) is 10.5 Å². The largest absolute Gasteiger partial charge is 0.469 e. The summed E-state index contributed by atoms with van der Waals surface area (Å²) >= 11 is 0. The van der Waals surface area contributed by atoms with Crippen molar-refractivity contribution in [3.63, 3.8) is 0 Å². The van der Waals surface area contributed by atoms with Crippen LogP contribution in [0.3, 0.4) is 0 Å². The van der Waals surface area contributed by atoms with Crippen LogP contribution in [-0.4, -0.2) is 44.8 Å². The molecule has 1 atom stereocenters. The van der Waals surface area contributed by atoms with E-state index in [1.807, 2.05) is 0 Å². The zero-order valence-corrected chi connectivity index (χ0v) is 10.6. The fourth-order valence-electron chi connectivity index (χ4n) is 1.23. The van der Waals surface area contributed by atoms with Gasteiger partial charge in [0.15, 0.2) is 0 Å². The van der Waals surface area contributed by atoms with Gasteiger partial charge in [0.1, 0.15) is 0 Å². The lowest BCUT2D eigenvalue weighted by Crippen LogP contribution is -2.52. The average Bonchev–Trinajstić information content (AvgIpc) is 2.17. The predicted molar refractivity (Wildman–Crippen MR) is 61.4 cm³/mol. The van der Waals surface area contributed by atoms with E-state index >= 15 is 0 Å². The molecule has 0 aromatic rings. The molecule has 96 valence electrons. The highest BCUT2D eigenvalue weighted by Crippen LogP contribution is 2.10. The molecule has 16 heavy (non-hydrogen) atoms. The fourth-order valence-corrected chi connectivity index (χ4v) is 1.23. The molecule has 0 spiro atoms. The van der Waals surface area contributed by atoms with Crippen molar-refractivity contribution in [1.29, 1.82) is 0 Å². The molecule has 3 N–H and O–H groups in total. The van der Waals surface area contributed by atoms with E-state index in [1.165, 1.54) is 14.2 Å². The molecule has 0 aliphatic heterocycles. The molecule has 0 radical (unpaired) electrons. The van der Waals surface area contributed by atoms with Gasteiger partial charge in [-0.25, -0.2) is 0 Å². The third kappa shape index (κ3) is 6.60. The maximum absolute atomic E-state index is 11.1. The van der Waals surface area contributed by atoms with Crippen molar-refractivity contribution >= 4 is 24.3 Å². The van der Waals surface area contributed by atoms with Crippen LogP contribution in [0.5, 0.6) is 0 Å². The first-order valence-electron chi connectivity index (χ1n) is 4.54. The molecule has 6 nitrogen and oxygen atoms in total. The van der Waals surface area contributed by atoms with Crippen molar-refractivity contribution in [2.45, 2.75) is 18.9 Å². The van der Waals surface area contributed by atoms with Gasteiger partial charge < -0.3 is 20.5 Å². The number of hydrogen-bond donors (Lipinski definition) is 2. The zero-order chi connectivity index (χ0) is 11.9. The van der Waals surface area contributed by atoms with Crippen molar-refractivity contribution < 1.29 is 19.1 Å². The van der Waals surface area contributed by atoms with E-state index in [-0.39, 0.29) is 37.9 Å². The molecule has 0 aliphatic rings. The lowest BCUT2D eigenvalue weighted by atomic mass is 9.99. The number of rotatable bonds is 6. The number of carbonyl (C=O) groups excluding carboxylic acids is 2. The van der Waals surface area contributed by atoms with Crippen LogP contribution in [0.2, 0.25) is 0 Å². The predicted octanol–water partition coefficient (Wildman–Crippen LogP) is -0.549. The molecule has 0 aliphatic carbocycles. The summed E-state index contributed by atoms with van der Waals surface area (Å²) in [5, 5.41) is 2.62. The molecular formula is C9H19ClN2O4. The Labute approximate surface area is 101 Å². The number of amides is 1. The minimum atomic E-state index is -0.779. The maximum atomic E-state index is 11.1. The van der Waals surface area contributed by atoms with Crippen LogP contribution >= 0.6 is 12.4 Å². The lowest BCUT2D eigenvalue weighted by molar-refractivity contribution is -0.143. The third-order valence-corrected chi connectivity index (χ3v) is 1.85. The molecule has 0 fully saturated rings. The van der Waals surface area contributed by atoms with Crippen LogP contribution in [0.4, 0.5) is 0 Å². The second-order valence-corrected chi connectivity index (χ2v) is 3.50. The summed E-state index contributed by atoms with van der Waals surface area (Å²) in [6, 6.07) is 0. The van der Waals surface area contributed by atoms with Crippen molar-refractivity contribution in [2.24, 2.45) is 5.73 Å². The maximum Gasteiger partial charge on any atom is 0.307 e. The first-order chi connectivity index (χ1) is 6.97. The fraction of sp³-hybridized carbons (Fsp3) is 0.778. The van der Waals surface area contributed by atoms with Crippen LogP contribution in [0.1, 0.15) is 13.3 Å². The molecule has 1 unspecified atom stereocenters. The number of hydrogen-bond acceptors (Lipinski definition) is 5. The van der Waals surface area contributed by atoms with Crippen molar-refractivity contribution in [3.8, 4) is 0 Å². The molecule has 0 aromatic carbocycles. The molecule has 1 amide bonds. The quantitative estimate of drug-likeness (QED) is 0.621. The molecule has 0 saturated carbocycles.